The Kier molecular flexibility index (Phi) is 6.26. The van der Waals surface area contributed by atoms with E-state index in [1.807, 2.05) is 0 Å². The third kappa shape index (κ3) is 4.78. The highest BCUT2D eigenvalue weighted by atomic mass is 16.1. The summed E-state index contributed by atoms with van der Waals surface area (Å²) in [5.74, 6) is 0.798. The Labute approximate surface area is 142 Å². The van der Waals surface area contributed by atoms with Gasteiger partial charge >= 0.3 is 0 Å². The van der Waals surface area contributed by atoms with Crippen LogP contribution in [0.4, 0.5) is 11.5 Å². The number of rotatable bonds is 7. The molecule has 0 spiro atoms. The zero-order valence-electron chi connectivity index (χ0n) is 14.0. The van der Waals surface area contributed by atoms with Crippen LogP contribution in [0.25, 0.3) is 0 Å². The van der Waals surface area contributed by atoms with Crippen LogP contribution >= 0.6 is 0 Å². The second-order valence-electron chi connectivity index (χ2n) is 5.43. The van der Waals surface area contributed by atoms with Crippen molar-refractivity contribution in [3.63, 3.8) is 0 Å². The van der Waals surface area contributed by atoms with Crippen molar-refractivity contribution in [1.29, 1.82) is 5.26 Å². The minimum absolute atomic E-state index is 0.272. The Morgan fingerprint density at radius 1 is 1.25 bits per heavy atom. The van der Waals surface area contributed by atoms with Gasteiger partial charge in [0.15, 0.2) is 0 Å². The van der Waals surface area contributed by atoms with Crippen molar-refractivity contribution >= 4 is 17.4 Å². The van der Waals surface area contributed by atoms with E-state index in [0.717, 1.165) is 25.8 Å². The summed E-state index contributed by atoms with van der Waals surface area (Å²) in [6.07, 6.45) is 3.35. The number of para-hydroxylation sites is 1. The topological polar surface area (TPSA) is 90.7 Å². The fourth-order valence-corrected chi connectivity index (χ4v) is 2.24. The quantitative estimate of drug-likeness (QED) is 0.761. The SMILES string of the molecule is CCCCCNc1cc(C(=O)Nc2ccccc2C#N)nc(C)n1. The molecule has 0 radical (unpaired) electrons. The Balaban J connectivity index is 2.11. The maximum atomic E-state index is 12.4. The lowest BCUT2D eigenvalue weighted by Crippen LogP contribution is -2.16. The number of nitriles is 1. The molecule has 2 rings (SSSR count). The van der Waals surface area contributed by atoms with Gasteiger partial charge in [-0.15, -0.1) is 0 Å². The van der Waals surface area contributed by atoms with Gasteiger partial charge in [0.25, 0.3) is 5.91 Å². The van der Waals surface area contributed by atoms with E-state index >= 15 is 0 Å². The van der Waals surface area contributed by atoms with Crippen LogP contribution in [0.5, 0.6) is 0 Å². The average Bonchev–Trinajstić information content (AvgIpc) is 2.58. The molecule has 0 unspecified atom stereocenters. The average molecular weight is 323 g/mol. The molecular weight excluding hydrogens is 302 g/mol. The largest absolute Gasteiger partial charge is 0.370 e. The number of carbonyl (C=O) groups is 1. The molecule has 2 N–H and O–H groups in total. The first-order chi connectivity index (χ1) is 11.6. The van der Waals surface area contributed by atoms with Gasteiger partial charge in [-0.05, 0) is 25.5 Å². The lowest BCUT2D eigenvalue weighted by Gasteiger charge is -2.09. The van der Waals surface area contributed by atoms with E-state index < -0.39 is 0 Å². The molecule has 124 valence electrons. The number of aryl methyl sites for hydroxylation is 1. The van der Waals surface area contributed by atoms with Gasteiger partial charge < -0.3 is 10.6 Å². The smallest absolute Gasteiger partial charge is 0.274 e. The van der Waals surface area contributed by atoms with Crippen molar-refractivity contribution in [2.24, 2.45) is 0 Å². The summed E-state index contributed by atoms with van der Waals surface area (Å²) >= 11 is 0. The molecule has 0 atom stereocenters. The van der Waals surface area contributed by atoms with Crippen LogP contribution in [-0.4, -0.2) is 22.4 Å². The number of anilines is 2. The monoisotopic (exact) mass is 323 g/mol. The predicted octanol–water partition coefficient (Wildman–Crippen LogP) is 3.51. The maximum Gasteiger partial charge on any atom is 0.274 e. The molecule has 1 heterocycles. The van der Waals surface area contributed by atoms with Crippen molar-refractivity contribution in [3.05, 3.63) is 47.4 Å². The highest BCUT2D eigenvalue weighted by Gasteiger charge is 2.12. The van der Waals surface area contributed by atoms with E-state index in [1.165, 1.54) is 0 Å². The molecule has 2 aromatic rings. The van der Waals surface area contributed by atoms with E-state index in [1.54, 1.807) is 37.3 Å². The lowest BCUT2D eigenvalue weighted by atomic mass is 10.2. The van der Waals surface area contributed by atoms with Crippen LogP contribution in [0, 0.1) is 18.3 Å². The summed E-state index contributed by atoms with van der Waals surface area (Å²) in [5.41, 5.74) is 1.15. The number of amides is 1. The van der Waals surface area contributed by atoms with Crippen LogP contribution in [0.2, 0.25) is 0 Å². The zero-order chi connectivity index (χ0) is 17.4. The van der Waals surface area contributed by atoms with Gasteiger partial charge in [0.2, 0.25) is 0 Å². The van der Waals surface area contributed by atoms with Gasteiger partial charge in [0, 0.05) is 12.6 Å². The minimum atomic E-state index is -0.361. The first-order valence-corrected chi connectivity index (χ1v) is 8.04. The molecular formula is C18H21N5O. The van der Waals surface area contributed by atoms with Crippen LogP contribution < -0.4 is 10.6 Å². The van der Waals surface area contributed by atoms with Crippen molar-refractivity contribution in [2.45, 2.75) is 33.1 Å². The molecule has 6 heteroatoms. The molecule has 0 aliphatic carbocycles. The number of benzene rings is 1. The minimum Gasteiger partial charge on any atom is -0.370 e. The second kappa shape index (κ2) is 8.63. The van der Waals surface area contributed by atoms with E-state index in [-0.39, 0.29) is 11.6 Å². The van der Waals surface area contributed by atoms with Crippen LogP contribution in [0.1, 0.15) is 48.1 Å². The molecule has 1 aromatic carbocycles. The summed E-state index contributed by atoms with van der Waals surface area (Å²) in [5, 5.41) is 15.0. The Hall–Kier alpha value is -2.94. The van der Waals surface area contributed by atoms with Gasteiger partial charge in [-0.1, -0.05) is 31.9 Å². The van der Waals surface area contributed by atoms with Gasteiger partial charge in [-0.3, -0.25) is 4.79 Å². The predicted molar refractivity (Wildman–Crippen MR) is 93.9 cm³/mol. The van der Waals surface area contributed by atoms with Gasteiger partial charge in [-0.2, -0.15) is 5.26 Å². The lowest BCUT2D eigenvalue weighted by molar-refractivity contribution is 0.102. The van der Waals surface area contributed by atoms with Crippen molar-refractivity contribution in [2.75, 3.05) is 17.2 Å². The molecule has 0 saturated carbocycles. The number of aromatic nitrogens is 2. The standard InChI is InChI=1S/C18H21N5O/c1-3-4-7-10-20-17-11-16(21-13(2)22-17)18(24)23-15-9-6-5-8-14(15)12-19/h5-6,8-9,11H,3-4,7,10H2,1-2H3,(H,23,24)(H,20,21,22). The zero-order valence-corrected chi connectivity index (χ0v) is 14.0. The number of unbranched alkanes of at least 4 members (excludes halogenated alkanes) is 2. The summed E-state index contributed by atoms with van der Waals surface area (Å²) in [4.78, 5) is 20.9. The normalized spacial score (nSPS) is 10.0. The number of hydrogen-bond donors (Lipinski definition) is 2. The van der Waals surface area contributed by atoms with Crippen LogP contribution in [-0.2, 0) is 0 Å². The number of carbonyl (C=O) groups excluding carboxylic acids is 1. The molecule has 1 aromatic heterocycles. The molecule has 0 bridgehead atoms. The summed E-state index contributed by atoms with van der Waals surface area (Å²) < 4.78 is 0. The van der Waals surface area contributed by atoms with Crippen molar-refractivity contribution < 1.29 is 4.79 Å². The van der Waals surface area contributed by atoms with Gasteiger partial charge in [-0.25, -0.2) is 9.97 Å². The van der Waals surface area contributed by atoms with E-state index in [0.29, 0.717) is 22.9 Å². The molecule has 24 heavy (non-hydrogen) atoms. The first kappa shape index (κ1) is 17.4. The van der Waals surface area contributed by atoms with Crippen LogP contribution in [0.3, 0.4) is 0 Å². The van der Waals surface area contributed by atoms with E-state index in [2.05, 4.69) is 33.6 Å². The fraction of sp³-hybridized carbons (Fsp3) is 0.333. The third-order valence-electron chi connectivity index (χ3n) is 3.45. The summed E-state index contributed by atoms with van der Waals surface area (Å²) in [6.45, 7) is 4.70. The number of hydrogen-bond acceptors (Lipinski definition) is 5. The molecule has 0 aliphatic rings. The molecule has 0 saturated heterocycles. The fourth-order valence-electron chi connectivity index (χ4n) is 2.24. The molecule has 1 amide bonds. The Morgan fingerprint density at radius 3 is 2.79 bits per heavy atom. The molecule has 6 nitrogen and oxygen atoms in total. The highest BCUT2D eigenvalue weighted by molar-refractivity contribution is 6.03. The Morgan fingerprint density at radius 2 is 2.04 bits per heavy atom. The van der Waals surface area contributed by atoms with Crippen molar-refractivity contribution in [3.8, 4) is 6.07 Å². The summed E-state index contributed by atoms with van der Waals surface area (Å²) in [7, 11) is 0. The van der Waals surface area contributed by atoms with Gasteiger partial charge in [0.05, 0.1) is 11.3 Å². The van der Waals surface area contributed by atoms with E-state index in [9.17, 15) is 4.79 Å². The molecule has 0 aliphatic heterocycles. The maximum absolute atomic E-state index is 12.4. The van der Waals surface area contributed by atoms with Crippen molar-refractivity contribution in [1.82, 2.24) is 9.97 Å². The first-order valence-electron chi connectivity index (χ1n) is 8.04. The Bertz CT molecular complexity index is 751. The highest BCUT2D eigenvalue weighted by Crippen LogP contribution is 2.15. The summed E-state index contributed by atoms with van der Waals surface area (Å²) in [6, 6.07) is 10.5. The van der Waals surface area contributed by atoms with Gasteiger partial charge in [0.1, 0.15) is 23.4 Å². The number of nitrogens with one attached hydrogen (secondary N) is 2. The van der Waals surface area contributed by atoms with E-state index in [4.69, 9.17) is 5.26 Å². The second-order valence-corrected chi connectivity index (χ2v) is 5.43. The molecule has 0 fully saturated rings. The van der Waals surface area contributed by atoms with Crippen LogP contribution in [0.15, 0.2) is 30.3 Å². The number of nitrogens with zero attached hydrogens (tertiary/aromatic N) is 3. The third-order valence-corrected chi connectivity index (χ3v) is 3.45.